The third-order valence-electron chi connectivity index (χ3n) is 3.59. The van der Waals surface area contributed by atoms with Crippen LogP contribution in [0.15, 0.2) is 42.5 Å². The minimum Gasteiger partial charge on any atom is -0.399 e. The molecule has 1 heterocycles. The van der Waals surface area contributed by atoms with Gasteiger partial charge in [-0.05, 0) is 36.8 Å². The van der Waals surface area contributed by atoms with Crippen LogP contribution in [0.2, 0.25) is 0 Å². The molecule has 1 aliphatic rings. The molecule has 0 radical (unpaired) electrons. The largest absolute Gasteiger partial charge is 0.399 e. The highest BCUT2D eigenvalue weighted by Gasteiger charge is 2.35. The van der Waals surface area contributed by atoms with Gasteiger partial charge >= 0.3 is 0 Å². The summed E-state index contributed by atoms with van der Waals surface area (Å²) in [5, 5.41) is -0.140. The summed E-state index contributed by atoms with van der Waals surface area (Å²) in [4.78, 5) is 13.9. The van der Waals surface area contributed by atoms with Crippen molar-refractivity contribution < 1.29 is 9.18 Å². The van der Waals surface area contributed by atoms with Gasteiger partial charge < -0.3 is 5.73 Å². The molecule has 0 bridgehead atoms. The number of amides is 1. The van der Waals surface area contributed by atoms with Crippen LogP contribution in [0.3, 0.4) is 0 Å². The maximum atomic E-state index is 13.8. The van der Waals surface area contributed by atoms with Crippen molar-refractivity contribution in [2.75, 3.05) is 16.4 Å². The molecule has 2 aromatic carbocycles. The number of thioether (sulfide) groups is 1. The lowest BCUT2D eigenvalue weighted by atomic mass is 10.1. The molecule has 1 fully saturated rings. The predicted octanol–water partition coefficient (Wildman–Crippen LogP) is 3.49. The molecule has 3 rings (SSSR count). The van der Waals surface area contributed by atoms with Crippen molar-refractivity contribution in [2.45, 2.75) is 12.3 Å². The molecule has 3 nitrogen and oxygen atoms in total. The van der Waals surface area contributed by atoms with Crippen molar-refractivity contribution in [3.8, 4) is 0 Å². The lowest BCUT2D eigenvalue weighted by molar-refractivity contribution is -0.115. The smallest absolute Gasteiger partial charge is 0.238 e. The van der Waals surface area contributed by atoms with Gasteiger partial charge in [0.1, 0.15) is 11.2 Å². The number of halogens is 1. The zero-order valence-corrected chi connectivity index (χ0v) is 12.4. The minimum absolute atomic E-state index is 0.00414. The zero-order valence-electron chi connectivity index (χ0n) is 11.5. The van der Waals surface area contributed by atoms with Gasteiger partial charge in [-0.25, -0.2) is 4.39 Å². The molecule has 1 atom stereocenters. The van der Waals surface area contributed by atoms with Gasteiger partial charge in [-0.2, -0.15) is 0 Å². The number of anilines is 2. The summed E-state index contributed by atoms with van der Waals surface area (Å²) in [6.07, 6.45) is 0. The van der Waals surface area contributed by atoms with Crippen LogP contribution >= 0.6 is 11.8 Å². The first-order valence-electron chi connectivity index (χ1n) is 6.62. The van der Waals surface area contributed by atoms with Crippen molar-refractivity contribution in [3.63, 3.8) is 0 Å². The first-order valence-corrected chi connectivity index (χ1v) is 7.67. The van der Waals surface area contributed by atoms with Crippen LogP contribution in [0.1, 0.15) is 16.5 Å². The molecular weight excluding hydrogens is 287 g/mol. The lowest BCUT2D eigenvalue weighted by Gasteiger charge is -2.26. The van der Waals surface area contributed by atoms with Crippen LogP contribution in [0.5, 0.6) is 0 Å². The highest BCUT2D eigenvalue weighted by atomic mass is 32.2. The number of nitrogen functional groups attached to an aromatic ring is 1. The van der Waals surface area contributed by atoms with Gasteiger partial charge in [-0.3, -0.25) is 9.69 Å². The fourth-order valence-corrected chi connectivity index (χ4v) is 3.62. The Bertz CT molecular complexity index is 687. The van der Waals surface area contributed by atoms with Crippen LogP contribution < -0.4 is 10.6 Å². The van der Waals surface area contributed by atoms with Crippen molar-refractivity contribution >= 4 is 29.0 Å². The van der Waals surface area contributed by atoms with E-state index in [9.17, 15) is 9.18 Å². The van der Waals surface area contributed by atoms with Crippen molar-refractivity contribution in [1.29, 1.82) is 0 Å². The second-order valence-corrected chi connectivity index (χ2v) is 6.05. The van der Waals surface area contributed by atoms with E-state index < -0.39 is 0 Å². The van der Waals surface area contributed by atoms with Gasteiger partial charge in [-0.15, -0.1) is 11.8 Å². The summed E-state index contributed by atoms with van der Waals surface area (Å²) in [7, 11) is 0. The van der Waals surface area contributed by atoms with Crippen LogP contribution in [-0.4, -0.2) is 11.7 Å². The Labute approximate surface area is 126 Å². The van der Waals surface area contributed by atoms with Crippen LogP contribution in [0.25, 0.3) is 0 Å². The topological polar surface area (TPSA) is 46.3 Å². The third-order valence-corrected chi connectivity index (χ3v) is 4.80. The molecule has 1 saturated heterocycles. The minimum atomic E-state index is -0.298. The molecule has 21 heavy (non-hydrogen) atoms. The molecule has 1 amide bonds. The standard InChI is InChI=1S/C16H15FN2OS/c1-10-13(17)3-2-4-14(10)19-15(20)9-21-16(19)11-5-7-12(18)8-6-11/h2-8,16H,9,18H2,1H3/t16-/m0/s1. The van der Waals surface area contributed by atoms with E-state index in [4.69, 9.17) is 5.73 Å². The fourth-order valence-electron chi connectivity index (χ4n) is 2.45. The van der Waals surface area contributed by atoms with Crippen molar-refractivity contribution in [3.05, 3.63) is 59.4 Å². The van der Waals surface area contributed by atoms with E-state index >= 15 is 0 Å². The van der Waals surface area contributed by atoms with Crippen molar-refractivity contribution in [2.24, 2.45) is 0 Å². The fraction of sp³-hybridized carbons (Fsp3) is 0.188. The maximum absolute atomic E-state index is 13.8. The second-order valence-electron chi connectivity index (χ2n) is 4.98. The first kappa shape index (κ1) is 13.9. The molecular formula is C16H15FN2OS. The number of carbonyl (C=O) groups excluding carboxylic acids is 1. The highest BCUT2D eigenvalue weighted by molar-refractivity contribution is 8.00. The normalized spacial score (nSPS) is 18.3. The van der Waals surface area contributed by atoms with E-state index in [0.717, 1.165) is 5.56 Å². The van der Waals surface area contributed by atoms with Gasteiger partial charge in [0.15, 0.2) is 0 Å². The summed E-state index contributed by atoms with van der Waals surface area (Å²) in [6, 6.07) is 12.3. The highest BCUT2D eigenvalue weighted by Crippen LogP contribution is 2.43. The average Bonchev–Trinajstić information content (AvgIpc) is 2.85. The summed E-state index contributed by atoms with van der Waals surface area (Å²) < 4.78 is 13.8. The van der Waals surface area contributed by atoms with E-state index in [2.05, 4.69) is 0 Å². The Balaban J connectivity index is 2.04. The zero-order chi connectivity index (χ0) is 15.0. The Morgan fingerprint density at radius 2 is 1.95 bits per heavy atom. The van der Waals surface area contributed by atoms with Gasteiger partial charge in [0.05, 0.1) is 11.4 Å². The Morgan fingerprint density at radius 3 is 2.67 bits per heavy atom. The van der Waals surface area contributed by atoms with Gasteiger partial charge in [0.2, 0.25) is 5.91 Å². The molecule has 0 spiro atoms. The Kier molecular flexibility index (Phi) is 3.59. The van der Waals surface area contributed by atoms with Gasteiger partial charge in [0, 0.05) is 11.3 Å². The van der Waals surface area contributed by atoms with Gasteiger partial charge in [0.25, 0.3) is 0 Å². The van der Waals surface area contributed by atoms with Crippen molar-refractivity contribution in [1.82, 2.24) is 0 Å². The molecule has 5 heteroatoms. The summed E-state index contributed by atoms with van der Waals surface area (Å²) in [5.41, 5.74) is 8.50. The van der Waals surface area contributed by atoms with Crippen LogP contribution in [-0.2, 0) is 4.79 Å². The summed E-state index contributed by atoms with van der Waals surface area (Å²) in [5.74, 6) is 0.0918. The number of rotatable bonds is 2. The molecule has 2 aromatic rings. The first-order chi connectivity index (χ1) is 10.1. The summed E-state index contributed by atoms with van der Waals surface area (Å²) in [6.45, 7) is 1.70. The molecule has 0 saturated carbocycles. The second kappa shape index (κ2) is 5.41. The Hall–Kier alpha value is -2.01. The third kappa shape index (κ3) is 2.49. The van der Waals surface area contributed by atoms with E-state index in [1.165, 1.54) is 6.07 Å². The predicted molar refractivity (Wildman–Crippen MR) is 84.7 cm³/mol. The SMILES string of the molecule is Cc1c(F)cccc1N1C(=O)CS[C@H]1c1ccc(N)cc1. The number of benzene rings is 2. The van der Waals surface area contributed by atoms with Crippen LogP contribution in [0.4, 0.5) is 15.8 Å². The molecule has 2 N–H and O–H groups in total. The Morgan fingerprint density at radius 1 is 1.24 bits per heavy atom. The maximum Gasteiger partial charge on any atom is 0.238 e. The monoisotopic (exact) mass is 302 g/mol. The summed E-state index contributed by atoms with van der Waals surface area (Å²) >= 11 is 1.54. The molecule has 0 aromatic heterocycles. The quantitative estimate of drug-likeness (QED) is 0.864. The lowest BCUT2D eigenvalue weighted by Crippen LogP contribution is -2.28. The molecule has 1 aliphatic heterocycles. The molecule has 0 aliphatic carbocycles. The molecule has 108 valence electrons. The molecule has 0 unspecified atom stereocenters. The number of hydrogen-bond donors (Lipinski definition) is 1. The van der Waals surface area contributed by atoms with E-state index in [-0.39, 0.29) is 17.1 Å². The van der Waals surface area contributed by atoms with Gasteiger partial charge in [-0.1, -0.05) is 18.2 Å². The average molecular weight is 302 g/mol. The number of nitrogens with two attached hydrogens (primary N) is 1. The van der Waals surface area contributed by atoms with E-state index in [0.29, 0.717) is 22.7 Å². The number of nitrogens with zero attached hydrogens (tertiary/aromatic N) is 1. The van der Waals surface area contributed by atoms with E-state index in [1.54, 1.807) is 35.7 Å². The van der Waals surface area contributed by atoms with E-state index in [1.807, 2.05) is 24.3 Å². The number of carbonyl (C=O) groups is 1. The number of hydrogen-bond acceptors (Lipinski definition) is 3. The van der Waals surface area contributed by atoms with Crippen LogP contribution in [0, 0.1) is 12.7 Å².